The van der Waals surface area contributed by atoms with Crippen LogP contribution in [0.2, 0.25) is 0 Å². The van der Waals surface area contributed by atoms with Crippen molar-refractivity contribution < 1.29 is 0 Å². The van der Waals surface area contributed by atoms with Gasteiger partial charge in [-0.15, -0.1) is 0 Å². The standard InChI is InChI=1S/C22H16N2/c1-3-9-17(10-4-1)19-15-21(18-11-5-2-6-12-18)24-22(16-19)20-13-7-8-14-23-20/h1-16H. The first-order valence-corrected chi connectivity index (χ1v) is 7.94. The zero-order valence-electron chi connectivity index (χ0n) is 13.1. The van der Waals surface area contributed by atoms with Crippen molar-refractivity contribution >= 4 is 0 Å². The second-order valence-electron chi connectivity index (χ2n) is 5.57. The van der Waals surface area contributed by atoms with E-state index in [9.17, 15) is 0 Å². The lowest BCUT2D eigenvalue weighted by Crippen LogP contribution is -1.92. The second-order valence-corrected chi connectivity index (χ2v) is 5.57. The Morgan fingerprint density at radius 3 is 1.75 bits per heavy atom. The molecule has 0 amide bonds. The van der Waals surface area contributed by atoms with Crippen molar-refractivity contribution in [2.24, 2.45) is 0 Å². The van der Waals surface area contributed by atoms with Gasteiger partial charge in [-0.2, -0.15) is 0 Å². The van der Waals surface area contributed by atoms with Gasteiger partial charge in [-0.1, -0.05) is 66.7 Å². The van der Waals surface area contributed by atoms with Crippen molar-refractivity contribution in [2.75, 3.05) is 0 Å². The molecule has 0 atom stereocenters. The Labute approximate surface area is 141 Å². The molecule has 0 saturated heterocycles. The number of hydrogen-bond acceptors (Lipinski definition) is 2. The van der Waals surface area contributed by atoms with Crippen LogP contribution in [0.5, 0.6) is 0 Å². The Balaban J connectivity index is 1.92. The lowest BCUT2D eigenvalue weighted by Gasteiger charge is -2.09. The minimum atomic E-state index is 0.882. The molecular formula is C22H16N2. The van der Waals surface area contributed by atoms with Crippen molar-refractivity contribution in [1.82, 2.24) is 9.97 Å². The summed E-state index contributed by atoms with van der Waals surface area (Å²) in [6.45, 7) is 0. The average Bonchev–Trinajstić information content (AvgIpc) is 2.70. The number of benzene rings is 2. The third-order valence-electron chi connectivity index (χ3n) is 3.93. The third-order valence-corrected chi connectivity index (χ3v) is 3.93. The highest BCUT2D eigenvalue weighted by atomic mass is 14.8. The Morgan fingerprint density at radius 1 is 0.458 bits per heavy atom. The highest BCUT2D eigenvalue weighted by Gasteiger charge is 2.09. The van der Waals surface area contributed by atoms with Gasteiger partial charge in [0.15, 0.2) is 0 Å². The van der Waals surface area contributed by atoms with Gasteiger partial charge in [0.1, 0.15) is 0 Å². The molecule has 0 unspecified atom stereocenters. The Bertz CT molecular complexity index is 794. The number of rotatable bonds is 3. The molecule has 0 aliphatic carbocycles. The van der Waals surface area contributed by atoms with Crippen LogP contribution < -0.4 is 0 Å². The van der Waals surface area contributed by atoms with E-state index in [2.05, 4.69) is 53.5 Å². The Hall–Kier alpha value is -3.26. The minimum Gasteiger partial charge on any atom is -0.255 e. The maximum Gasteiger partial charge on any atom is 0.0899 e. The SMILES string of the molecule is c1ccc(-c2cc(-c3ccccc3)nc(-c3ccccn3)c2)cc1. The van der Waals surface area contributed by atoms with E-state index in [1.165, 1.54) is 5.56 Å². The maximum absolute atomic E-state index is 4.84. The lowest BCUT2D eigenvalue weighted by atomic mass is 10.0. The monoisotopic (exact) mass is 308 g/mol. The first-order chi connectivity index (χ1) is 11.9. The van der Waals surface area contributed by atoms with Crippen LogP contribution in [-0.2, 0) is 0 Å². The van der Waals surface area contributed by atoms with Gasteiger partial charge in [0.25, 0.3) is 0 Å². The molecule has 0 saturated carbocycles. The molecular weight excluding hydrogens is 292 g/mol. The first-order valence-electron chi connectivity index (χ1n) is 7.94. The summed E-state index contributed by atoms with van der Waals surface area (Å²) in [5.41, 5.74) is 6.15. The molecule has 2 heterocycles. The van der Waals surface area contributed by atoms with Crippen molar-refractivity contribution in [1.29, 1.82) is 0 Å². The highest BCUT2D eigenvalue weighted by molar-refractivity contribution is 5.75. The normalized spacial score (nSPS) is 10.5. The van der Waals surface area contributed by atoms with E-state index in [-0.39, 0.29) is 0 Å². The van der Waals surface area contributed by atoms with Crippen molar-refractivity contribution in [2.45, 2.75) is 0 Å². The van der Waals surface area contributed by atoms with Crippen LogP contribution in [0.4, 0.5) is 0 Å². The van der Waals surface area contributed by atoms with E-state index >= 15 is 0 Å². The van der Waals surface area contributed by atoms with E-state index in [4.69, 9.17) is 4.98 Å². The lowest BCUT2D eigenvalue weighted by molar-refractivity contribution is 1.25. The van der Waals surface area contributed by atoms with Crippen LogP contribution in [0.1, 0.15) is 0 Å². The number of nitrogens with zero attached hydrogens (tertiary/aromatic N) is 2. The summed E-state index contributed by atoms with van der Waals surface area (Å²) in [6, 6.07) is 30.8. The molecule has 2 aromatic heterocycles. The van der Waals surface area contributed by atoms with Crippen LogP contribution in [0.25, 0.3) is 33.8 Å². The second kappa shape index (κ2) is 6.47. The van der Waals surface area contributed by atoms with Gasteiger partial charge in [-0.05, 0) is 35.4 Å². The predicted molar refractivity (Wildman–Crippen MR) is 98.3 cm³/mol. The molecule has 0 N–H and O–H groups in total. The van der Waals surface area contributed by atoms with Gasteiger partial charge < -0.3 is 0 Å². The third kappa shape index (κ3) is 2.95. The molecule has 2 nitrogen and oxygen atoms in total. The molecule has 2 heteroatoms. The molecule has 0 bridgehead atoms. The molecule has 2 aromatic carbocycles. The van der Waals surface area contributed by atoms with Crippen LogP contribution in [0.15, 0.2) is 97.2 Å². The summed E-state index contributed by atoms with van der Waals surface area (Å²) in [5.74, 6) is 0. The highest BCUT2D eigenvalue weighted by Crippen LogP contribution is 2.29. The van der Waals surface area contributed by atoms with E-state index in [0.717, 1.165) is 28.2 Å². The van der Waals surface area contributed by atoms with E-state index < -0.39 is 0 Å². The predicted octanol–water partition coefficient (Wildman–Crippen LogP) is 5.48. The molecule has 0 aliphatic rings. The topological polar surface area (TPSA) is 25.8 Å². The number of aromatic nitrogens is 2. The smallest absolute Gasteiger partial charge is 0.0899 e. The zero-order valence-corrected chi connectivity index (χ0v) is 13.1. The molecule has 114 valence electrons. The number of hydrogen-bond donors (Lipinski definition) is 0. The maximum atomic E-state index is 4.84. The summed E-state index contributed by atoms with van der Waals surface area (Å²) in [5, 5.41) is 0. The summed E-state index contributed by atoms with van der Waals surface area (Å²) in [6.07, 6.45) is 1.80. The fraction of sp³-hybridized carbons (Fsp3) is 0. The van der Waals surface area contributed by atoms with Gasteiger partial charge in [-0.25, -0.2) is 4.98 Å². The first kappa shape index (κ1) is 14.3. The van der Waals surface area contributed by atoms with Crippen LogP contribution in [0, 0.1) is 0 Å². The summed E-state index contributed by atoms with van der Waals surface area (Å²) in [4.78, 5) is 9.29. The van der Waals surface area contributed by atoms with Gasteiger partial charge in [0.2, 0.25) is 0 Å². The Kier molecular flexibility index (Phi) is 3.86. The summed E-state index contributed by atoms with van der Waals surface area (Å²) >= 11 is 0. The van der Waals surface area contributed by atoms with Crippen molar-refractivity contribution in [3.8, 4) is 33.8 Å². The molecule has 4 aromatic rings. The zero-order chi connectivity index (χ0) is 16.2. The van der Waals surface area contributed by atoms with Gasteiger partial charge in [-0.3, -0.25) is 4.98 Å². The largest absolute Gasteiger partial charge is 0.255 e. The fourth-order valence-corrected chi connectivity index (χ4v) is 2.73. The van der Waals surface area contributed by atoms with Gasteiger partial charge in [0, 0.05) is 11.8 Å². The van der Waals surface area contributed by atoms with Crippen LogP contribution in [0.3, 0.4) is 0 Å². The molecule has 0 fully saturated rings. The van der Waals surface area contributed by atoms with E-state index in [0.29, 0.717) is 0 Å². The minimum absolute atomic E-state index is 0.882. The molecule has 4 rings (SSSR count). The number of pyridine rings is 2. The molecule has 24 heavy (non-hydrogen) atoms. The molecule has 0 spiro atoms. The van der Waals surface area contributed by atoms with Crippen LogP contribution in [-0.4, -0.2) is 9.97 Å². The molecule has 0 aliphatic heterocycles. The van der Waals surface area contributed by atoms with E-state index in [1.54, 1.807) is 6.20 Å². The summed E-state index contributed by atoms with van der Waals surface area (Å²) in [7, 11) is 0. The Morgan fingerprint density at radius 2 is 1.08 bits per heavy atom. The average molecular weight is 308 g/mol. The molecule has 0 radical (unpaired) electrons. The fourth-order valence-electron chi connectivity index (χ4n) is 2.73. The quantitative estimate of drug-likeness (QED) is 0.501. The van der Waals surface area contributed by atoms with Crippen LogP contribution >= 0.6 is 0 Å². The van der Waals surface area contributed by atoms with E-state index in [1.807, 2.05) is 42.5 Å². The van der Waals surface area contributed by atoms with Gasteiger partial charge in [0.05, 0.1) is 17.1 Å². The van der Waals surface area contributed by atoms with Gasteiger partial charge >= 0.3 is 0 Å². The summed E-state index contributed by atoms with van der Waals surface area (Å²) < 4.78 is 0. The van der Waals surface area contributed by atoms with Crippen molar-refractivity contribution in [3.63, 3.8) is 0 Å². The van der Waals surface area contributed by atoms with Crippen molar-refractivity contribution in [3.05, 3.63) is 97.2 Å².